The number of rotatable bonds is 4. The van der Waals surface area contributed by atoms with Crippen LogP contribution in [0.25, 0.3) is 0 Å². The molecule has 5 heteroatoms. The first-order valence-corrected chi connectivity index (χ1v) is 7.15. The Morgan fingerprint density at radius 2 is 2.40 bits per heavy atom. The van der Waals surface area contributed by atoms with Crippen molar-refractivity contribution in [2.45, 2.75) is 19.4 Å². The quantitative estimate of drug-likeness (QED) is 0.938. The molecule has 2 heterocycles. The minimum Gasteiger partial charge on any atom is -0.479 e. The van der Waals surface area contributed by atoms with Gasteiger partial charge < -0.3 is 14.5 Å². The van der Waals surface area contributed by atoms with E-state index in [0.29, 0.717) is 22.6 Å². The lowest BCUT2D eigenvalue weighted by Gasteiger charge is -2.23. The van der Waals surface area contributed by atoms with E-state index in [4.69, 9.17) is 20.8 Å². The standard InChI is InChI=1S/C15H17ClN2O2/c1-10-3-2-4-12(16)13(10)20-14(11-5-6-17-9-11)15-18-7-8-19-15/h2-4,7-8,11,14,17H,5-6,9H2,1H3/t11-,14?/m0/s1. The zero-order valence-electron chi connectivity index (χ0n) is 11.3. The molecule has 0 amide bonds. The van der Waals surface area contributed by atoms with E-state index < -0.39 is 0 Å². The van der Waals surface area contributed by atoms with Crippen molar-refractivity contribution < 1.29 is 9.15 Å². The maximum absolute atomic E-state index is 6.25. The average molecular weight is 293 g/mol. The van der Waals surface area contributed by atoms with Crippen LogP contribution in [0, 0.1) is 12.8 Å². The van der Waals surface area contributed by atoms with Crippen molar-refractivity contribution >= 4 is 11.6 Å². The highest BCUT2D eigenvalue weighted by molar-refractivity contribution is 6.32. The van der Waals surface area contributed by atoms with E-state index in [0.717, 1.165) is 25.1 Å². The summed E-state index contributed by atoms with van der Waals surface area (Å²) in [6.45, 7) is 3.88. The van der Waals surface area contributed by atoms with Crippen LogP contribution in [0.5, 0.6) is 5.75 Å². The Hall–Kier alpha value is -1.52. The number of benzene rings is 1. The van der Waals surface area contributed by atoms with Crippen molar-refractivity contribution in [2.75, 3.05) is 13.1 Å². The second-order valence-electron chi connectivity index (χ2n) is 5.05. The number of aryl methyl sites for hydroxylation is 1. The van der Waals surface area contributed by atoms with Gasteiger partial charge in [-0.25, -0.2) is 4.98 Å². The van der Waals surface area contributed by atoms with Gasteiger partial charge in [-0.1, -0.05) is 23.7 Å². The first-order valence-electron chi connectivity index (χ1n) is 6.77. The van der Waals surface area contributed by atoms with Gasteiger partial charge in [0, 0.05) is 12.5 Å². The minimum atomic E-state index is -0.210. The number of ether oxygens (including phenoxy) is 1. The Labute approximate surface area is 123 Å². The summed E-state index contributed by atoms with van der Waals surface area (Å²) in [6, 6.07) is 5.74. The summed E-state index contributed by atoms with van der Waals surface area (Å²) >= 11 is 6.25. The summed E-state index contributed by atoms with van der Waals surface area (Å²) < 4.78 is 11.6. The molecule has 106 valence electrons. The molecule has 20 heavy (non-hydrogen) atoms. The van der Waals surface area contributed by atoms with Crippen LogP contribution in [-0.4, -0.2) is 18.1 Å². The maximum Gasteiger partial charge on any atom is 0.235 e. The predicted molar refractivity (Wildman–Crippen MR) is 77.0 cm³/mol. The van der Waals surface area contributed by atoms with Gasteiger partial charge in [-0.05, 0) is 31.5 Å². The third-order valence-corrected chi connectivity index (χ3v) is 3.93. The molecule has 2 aromatic rings. The first-order chi connectivity index (χ1) is 9.75. The average Bonchev–Trinajstić information content (AvgIpc) is 3.12. The van der Waals surface area contributed by atoms with Crippen LogP contribution in [0.2, 0.25) is 5.02 Å². The van der Waals surface area contributed by atoms with Gasteiger partial charge in [-0.15, -0.1) is 0 Å². The van der Waals surface area contributed by atoms with Gasteiger partial charge in [0.15, 0.2) is 6.10 Å². The molecule has 1 aliphatic heterocycles. The van der Waals surface area contributed by atoms with Crippen molar-refractivity contribution in [1.29, 1.82) is 0 Å². The van der Waals surface area contributed by atoms with Crippen LogP contribution in [0.3, 0.4) is 0 Å². The molecule has 0 aliphatic carbocycles. The van der Waals surface area contributed by atoms with E-state index in [1.165, 1.54) is 0 Å². The fourth-order valence-electron chi connectivity index (χ4n) is 2.55. The third-order valence-electron chi connectivity index (χ3n) is 3.63. The number of nitrogens with one attached hydrogen (secondary N) is 1. The van der Waals surface area contributed by atoms with Crippen molar-refractivity contribution in [3.63, 3.8) is 0 Å². The van der Waals surface area contributed by atoms with E-state index >= 15 is 0 Å². The second kappa shape index (κ2) is 5.85. The number of para-hydroxylation sites is 1. The molecule has 0 bridgehead atoms. The molecule has 3 rings (SSSR count). The molecule has 1 aromatic heterocycles. The Balaban J connectivity index is 1.90. The zero-order valence-corrected chi connectivity index (χ0v) is 12.1. The lowest BCUT2D eigenvalue weighted by atomic mass is 10.0. The highest BCUT2D eigenvalue weighted by Gasteiger charge is 2.32. The monoisotopic (exact) mass is 292 g/mol. The molecule has 0 saturated carbocycles. The summed E-state index contributed by atoms with van der Waals surface area (Å²) in [5, 5.41) is 3.97. The maximum atomic E-state index is 6.25. The Kier molecular flexibility index (Phi) is 3.94. The molecule has 1 N–H and O–H groups in total. The molecule has 0 radical (unpaired) electrons. The summed E-state index contributed by atoms with van der Waals surface area (Å²) in [7, 11) is 0. The molecule has 1 saturated heterocycles. The fourth-order valence-corrected chi connectivity index (χ4v) is 2.82. The van der Waals surface area contributed by atoms with Crippen LogP contribution in [0.4, 0.5) is 0 Å². The first kappa shape index (κ1) is 13.5. The second-order valence-corrected chi connectivity index (χ2v) is 5.45. The van der Waals surface area contributed by atoms with Gasteiger partial charge in [0.25, 0.3) is 0 Å². The van der Waals surface area contributed by atoms with Crippen LogP contribution in [0.1, 0.15) is 24.0 Å². The highest BCUT2D eigenvalue weighted by atomic mass is 35.5. The van der Waals surface area contributed by atoms with Gasteiger partial charge in [-0.3, -0.25) is 0 Å². The topological polar surface area (TPSA) is 47.3 Å². The Bertz CT molecular complexity index is 545. The normalized spacial score (nSPS) is 20.0. The van der Waals surface area contributed by atoms with E-state index in [-0.39, 0.29) is 6.10 Å². The van der Waals surface area contributed by atoms with Gasteiger partial charge in [0.2, 0.25) is 5.89 Å². The number of nitrogens with zero attached hydrogens (tertiary/aromatic N) is 1. The van der Waals surface area contributed by atoms with Crippen LogP contribution in [-0.2, 0) is 0 Å². The summed E-state index contributed by atoms with van der Waals surface area (Å²) in [5.74, 6) is 1.66. The molecule has 1 fully saturated rings. The molecule has 1 unspecified atom stereocenters. The lowest BCUT2D eigenvalue weighted by Crippen LogP contribution is -2.22. The van der Waals surface area contributed by atoms with Gasteiger partial charge >= 0.3 is 0 Å². The minimum absolute atomic E-state index is 0.210. The van der Waals surface area contributed by atoms with Crippen LogP contribution >= 0.6 is 11.6 Å². The number of aromatic nitrogens is 1. The summed E-state index contributed by atoms with van der Waals surface area (Å²) in [6.07, 6.45) is 4.05. The summed E-state index contributed by atoms with van der Waals surface area (Å²) in [4.78, 5) is 4.25. The van der Waals surface area contributed by atoms with Gasteiger partial charge in [0.1, 0.15) is 12.0 Å². The SMILES string of the molecule is Cc1cccc(Cl)c1OC(c1ncco1)[C@H]1CCNC1. The van der Waals surface area contributed by atoms with Crippen molar-refractivity contribution in [1.82, 2.24) is 10.3 Å². The van der Waals surface area contributed by atoms with Crippen LogP contribution in [0.15, 0.2) is 35.1 Å². The Morgan fingerprint density at radius 3 is 3.05 bits per heavy atom. The van der Waals surface area contributed by atoms with E-state index in [1.807, 2.05) is 25.1 Å². The van der Waals surface area contributed by atoms with Crippen molar-refractivity contribution in [3.8, 4) is 5.75 Å². The number of hydrogen-bond donors (Lipinski definition) is 1. The third kappa shape index (κ3) is 2.67. The van der Waals surface area contributed by atoms with E-state index in [1.54, 1.807) is 12.5 Å². The molecule has 4 nitrogen and oxygen atoms in total. The van der Waals surface area contributed by atoms with Gasteiger partial charge in [-0.2, -0.15) is 0 Å². The molecule has 0 spiro atoms. The molecule has 1 aliphatic rings. The van der Waals surface area contributed by atoms with Crippen molar-refractivity contribution in [3.05, 3.63) is 47.1 Å². The molecular weight excluding hydrogens is 276 g/mol. The number of oxazole rings is 1. The van der Waals surface area contributed by atoms with Gasteiger partial charge in [0.05, 0.1) is 11.2 Å². The summed E-state index contributed by atoms with van der Waals surface area (Å²) in [5.41, 5.74) is 1.01. The predicted octanol–water partition coefficient (Wildman–Crippen LogP) is 3.37. The van der Waals surface area contributed by atoms with Crippen LogP contribution < -0.4 is 10.1 Å². The highest BCUT2D eigenvalue weighted by Crippen LogP contribution is 2.36. The molecular formula is C15H17ClN2O2. The lowest BCUT2D eigenvalue weighted by molar-refractivity contribution is 0.113. The molecule has 1 aromatic carbocycles. The molecule has 2 atom stereocenters. The number of hydrogen-bond acceptors (Lipinski definition) is 4. The fraction of sp³-hybridized carbons (Fsp3) is 0.400. The largest absolute Gasteiger partial charge is 0.479 e. The van der Waals surface area contributed by atoms with E-state index in [9.17, 15) is 0 Å². The van der Waals surface area contributed by atoms with E-state index in [2.05, 4.69) is 10.3 Å². The van der Waals surface area contributed by atoms with Crippen molar-refractivity contribution in [2.24, 2.45) is 5.92 Å². The Morgan fingerprint density at radius 1 is 1.50 bits per heavy atom. The smallest absolute Gasteiger partial charge is 0.235 e. The zero-order chi connectivity index (χ0) is 13.9. The number of halogens is 1.